The third kappa shape index (κ3) is 5.98. The molecule has 0 spiro atoms. The molecule has 13 heteroatoms. The SMILES string of the molecule is N#CC1(NC(=O)[C@@H]2CCCC[C@H]2c2oc(-c3ncccc3C(F)(F)F)nc2-c2ccc(N3CCS(=O)(=O)CC3)cc2)CC1. The summed E-state index contributed by atoms with van der Waals surface area (Å²) < 4.78 is 71.7. The van der Waals surface area contributed by atoms with Gasteiger partial charge in [0.05, 0.1) is 23.1 Å². The highest BCUT2D eigenvalue weighted by Gasteiger charge is 2.47. The summed E-state index contributed by atoms with van der Waals surface area (Å²) in [5.74, 6) is -1.12. The predicted octanol–water partition coefficient (Wildman–Crippen LogP) is 5.10. The van der Waals surface area contributed by atoms with Crippen LogP contribution in [0.1, 0.15) is 55.8 Å². The minimum atomic E-state index is -4.69. The van der Waals surface area contributed by atoms with Crippen LogP contribution in [-0.2, 0) is 20.8 Å². The Hall–Kier alpha value is -3.92. The molecule has 0 bridgehead atoms. The molecule has 9 nitrogen and oxygen atoms in total. The van der Waals surface area contributed by atoms with E-state index in [1.807, 2.05) is 17.0 Å². The van der Waals surface area contributed by atoms with Gasteiger partial charge in [-0.3, -0.25) is 9.78 Å². The number of alkyl halides is 3. The number of halogens is 3. The molecule has 3 aromatic rings. The number of aromatic nitrogens is 2. The van der Waals surface area contributed by atoms with Gasteiger partial charge in [-0.15, -0.1) is 0 Å². The third-order valence-corrected chi connectivity index (χ3v) is 10.2. The molecular weight excluding hydrogens is 583 g/mol. The van der Waals surface area contributed by atoms with Crippen molar-refractivity contribution in [3.05, 3.63) is 53.9 Å². The molecule has 3 aliphatic rings. The zero-order chi connectivity index (χ0) is 30.4. The van der Waals surface area contributed by atoms with Gasteiger partial charge in [0.1, 0.15) is 22.7 Å². The van der Waals surface area contributed by atoms with Crippen molar-refractivity contribution in [1.82, 2.24) is 15.3 Å². The van der Waals surface area contributed by atoms with Crippen molar-refractivity contribution in [3.8, 4) is 28.9 Å². The molecule has 2 aromatic heterocycles. The fraction of sp³-hybridized carbons (Fsp3) is 0.467. The maximum atomic E-state index is 13.9. The first kappa shape index (κ1) is 29.2. The number of nitrogens with zero attached hydrogens (tertiary/aromatic N) is 4. The van der Waals surface area contributed by atoms with Crippen LogP contribution in [0, 0.1) is 17.2 Å². The summed E-state index contributed by atoms with van der Waals surface area (Å²) in [6.07, 6.45) is 0.417. The van der Waals surface area contributed by atoms with Crippen molar-refractivity contribution in [2.24, 2.45) is 5.92 Å². The Bertz CT molecular complexity index is 1660. The van der Waals surface area contributed by atoms with Crippen LogP contribution in [0.4, 0.5) is 18.9 Å². The molecule has 3 heterocycles. The Labute approximate surface area is 247 Å². The zero-order valence-electron chi connectivity index (χ0n) is 23.2. The highest BCUT2D eigenvalue weighted by Crippen LogP contribution is 2.46. The van der Waals surface area contributed by atoms with Crippen LogP contribution in [-0.4, -0.2) is 54.4 Å². The lowest BCUT2D eigenvalue weighted by Crippen LogP contribution is -2.42. The van der Waals surface area contributed by atoms with Crippen LogP contribution < -0.4 is 10.2 Å². The number of benzene rings is 1. The Morgan fingerprint density at radius 1 is 1.07 bits per heavy atom. The normalized spacial score (nSPS) is 22.9. The number of nitrogens with one attached hydrogen (secondary N) is 1. The average molecular weight is 614 g/mol. The van der Waals surface area contributed by atoms with Crippen LogP contribution in [0.25, 0.3) is 22.8 Å². The van der Waals surface area contributed by atoms with Crippen molar-refractivity contribution in [3.63, 3.8) is 0 Å². The second-order valence-electron chi connectivity index (χ2n) is 11.5. The van der Waals surface area contributed by atoms with Crippen LogP contribution in [0.2, 0.25) is 0 Å². The van der Waals surface area contributed by atoms with Gasteiger partial charge >= 0.3 is 6.18 Å². The fourth-order valence-corrected chi connectivity index (χ4v) is 7.17. The van der Waals surface area contributed by atoms with Gasteiger partial charge < -0.3 is 14.6 Å². The summed E-state index contributed by atoms with van der Waals surface area (Å²) in [7, 11) is -3.05. The first-order valence-corrected chi connectivity index (χ1v) is 16.1. The van der Waals surface area contributed by atoms with E-state index in [0.29, 0.717) is 55.8 Å². The Morgan fingerprint density at radius 3 is 2.42 bits per heavy atom. The molecule has 6 rings (SSSR count). The molecule has 226 valence electrons. The van der Waals surface area contributed by atoms with E-state index in [2.05, 4.69) is 21.4 Å². The quantitative estimate of drug-likeness (QED) is 0.407. The van der Waals surface area contributed by atoms with Crippen molar-refractivity contribution in [2.75, 3.05) is 29.5 Å². The standard InChI is InChI=1S/C30H30F3N5O4S/c31-30(32,33)23-6-3-13-35-25(23)28-36-24(19-7-9-20(10-8-19)38-14-16-43(40,41)17-15-38)26(42-28)21-4-1-2-5-22(21)27(39)37-29(18-34)11-12-29/h3,6-10,13,21-22H,1-2,4-5,11-12,14-17H2,(H,37,39)/t21-,22-/m1/s1. The second kappa shape index (κ2) is 11.0. The van der Waals surface area contributed by atoms with Crippen molar-refractivity contribution >= 4 is 21.4 Å². The summed E-state index contributed by atoms with van der Waals surface area (Å²) >= 11 is 0. The van der Waals surface area contributed by atoms with Crippen molar-refractivity contribution in [1.29, 1.82) is 5.26 Å². The molecule has 2 atom stereocenters. The Kier molecular flexibility index (Phi) is 7.44. The molecule has 2 saturated carbocycles. The van der Waals surface area contributed by atoms with Crippen LogP contribution >= 0.6 is 0 Å². The maximum absolute atomic E-state index is 13.9. The molecule has 0 radical (unpaired) electrons. The van der Waals surface area contributed by atoms with Crippen molar-refractivity contribution in [2.45, 2.75) is 56.2 Å². The van der Waals surface area contributed by atoms with Crippen LogP contribution in [0.3, 0.4) is 0 Å². The summed E-state index contributed by atoms with van der Waals surface area (Å²) in [5.41, 5.74) is -0.544. The molecule has 1 aliphatic heterocycles. The molecule has 3 fully saturated rings. The number of carbonyl (C=O) groups is 1. The Balaban J connectivity index is 1.40. The summed E-state index contributed by atoms with van der Waals surface area (Å²) in [5, 5.41) is 12.4. The first-order valence-electron chi connectivity index (χ1n) is 14.3. The predicted molar refractivity (Wildman–Crippen MR) is 151 cm³/mol. The number of rotatable bonds is 6. The number of amides is 1. The van der Waals surface area contributed by atoms with Gasteiger partial charge in [0, 0.05) is 42.4 Å². The third-order valence-electron chi connectivity index (χ3n) is 8.59. The number of oxazole rings is 1. The number of hydrogen-bond acceptors (Lipinski definition) is 8. The number of carbonyl (C=O) groups excluding carboxylic acids is 1. The summed E-state index contributed by atoms with van der Waals surface area (Å²) in [6.45, 7) is 0.730. The van der Waals surface area contributed by atoms with E-state index in [-0.39, 0.29) is 23.3 Å². The number of sulfone groups is 1. The van der Waals surface area contributed by atoms with E-state index in [0.717, 1.165) is 24.6 Å². The van der Waals surface area contributed by atoms with E-state index in [9.17, 15) is 31.6 Å². The molecule has 1 amide bonds. The van der Waals surface area contributed by atoms with E-state index < -0.39 is 44.6 Å². The minimum Gasteiger partial charge on any atom is -0.439 e. The first-order chi connectivity index (χ1) is 20.5. The van der Waals surface area contributed by atoms with Gasteiger partial charge in [-0.1, -0.05) is 25.0 Å². The smallest absolute Gasteiger partial charge is 0.418 e. The zero-order valence-corrected chi connectivity index (χ0v) is 24.0. The fourth-order valence-electron chi connectivity index (χ4n) is 5.97. The molecular formula is C30H30F3N5O4S. The molecule has 0 unspecified atom stereocenters. The average Bonchev–Trinajstić information content (AvgIpc) is 3.63. The summed E-state index contributed by atoms with van der Waals surface area (Å²) in [6, 6.07) is 11.5. The lowest BCUT2D eigenvalue weighted by atomic mass is 9.76. The highest BCUT2D eigenvalue weighted by atomic mass is 32.2. The Morgan fingerprint density at radius 2 is 1.77 bits per heavy atom. The summed E-state index contributed by atoms with van der Waals surface area (Å²) in [4.78, 5) is 23.9. The lowest BCUT2D eigenvalue weighted by Gasteiger charge is -2.30. The van der Waals surface area contributed by atoms with Gasteiger partial charge in [-0.2, -0.15) is 18.4 Å². The molecule has 1 saturated heterocycles. The van der Waals surface area contributed by atoms with Crippen molar-refractivity contribution < 1.29 is 30.8 Å². The van der Waals surface area contributed by atoms with E-state index in [1.165, 1.54) is 12.3 Å². The maximum Gasteiger partial charge on any atom is 0.418 e. The van der Waals surface area contributed by atoms with E-state index in [1.54, 1.807) is 12.1 Å². The number of hydrogen-bond donors (Lipinski definition) is 1. The molecule has 43 heavy (non-hydrogen) atoms. The monoisotopic (exact) mass is 613 g/mol. The highest BCUT2D eigenvalue weighted by molar-refractivity contribution is 7.91. The largest absolute Gasteiger partial charge is 0.439 e. The number of anilines is 1. The van der Waals surface area contributed by atoms with Gasteiger partial charge in [-0.05, 0) is 49.9 Å². The molecule has 1 aromatic carbocycles. The van der Waals surface area contributed by atoms with Crippen LogP contribution in [0.15, 0.2) is 47.0 Å². The van der Waals surface area contributed by atoms with Gasteiger partial charge in [0.2, 0.25) is 11.8 Å². The lowest BCUT2D eigenvalue weighted by molar-refractivity contribution is -0.137. The molecule has 1 N–H and O–H groups in total. The number of nitriles is 1. The van der Waals surface area contributed by atoms with E-state index >= 15 is 0 Å². The van der Waals surface area contributed by atoms with Gasteiger partial charge in [-0.25, -0.2) is 13.4 Å². The van der Waals surface area contributed by atoms with Crippen LogP contribution in [0.5, 0.6) is 0 Å². The minimum absolute atomic E-state index is 0.0649. The molecule has 2 aliphatic carbocycles. The number of pyridine rings is 1. The van der Waals surface area contributed by atoms with E-state index in [4.69, 9.17) is 4.42 Å². The topological polar surface area (TPSA) is 129 Å². The van der Waals surface area contributed by atoms with Gasteiger partial charge in [0.15, 0.2) is 9.84 Å². The van der Waals surface area contributed by atoms with Gasteiger partial charge in [0.25, 0.3) is 0 Å². The second-order valence-corrected chi connectivity index (χ2v) is 13.8.